The summed E-state index contributed by atoms with van der Waals surface area (Å²) in [6.07, 6.45) is 14.5. The Balaban J connectivity index is -0.000000595. The van der Waals surface area contributed by atoms with Gasteiger partial charge in [0.15, 0.2) is 75.5 Å². The molecule has 0 radical (unpaired) electrons. The van der Waals surface area contributed by atoms with E-state index in [4.69, 9.17) is 84.5 Å². The van der Waals surface area contributed by atoms with Crippen molar-refractivity contribution in [2.75, 3.05) is 0 Å². The van der Waals surface area contributed by atoms with Crippen molar-refractivity contribution < 1.29 is 242 Å². The van der Waals surface area contributed by atoms with Gasteiger partial charge >= 0.3 is 51.7 Å². The predicted octanol–water partition coefficient (Wildman–Crippen LogP) is -15.0. The number of hydrogen-bond acceptors (Lipinski definition) is 30. The van der Waals surface area contributed by atoms with Crippen molar-refractivity contribution in [2.45, 2.75) is 112 Å². The van der Waals surface area contributed by atoms with Gasteiger partial charge < -0.3 is 193 Å². The maximum absolute atomic E-state index is 11.1. The molecule has 6 atom stereocenters. The van der Waals surface area contributed by atoms with Crippen LogP contribution in [-0.2, 0) is 130 Å². The normalized spacial score (nSPS) is 16.7. The Bertz CT molecular complexity index is 3650. The van der Waals surface area contributed by atoms with Gasteiger partial charge in [0, 0.05) is 7.43 Å². The number of carbonyl (C=O) groups is 4. The quantitative estimate of drug-likeness (QED) is 0.00878. The van der Waals surface area contributed by atoms with E-state index >= 15 is 0 Å². The van der Waals surface area contributed by atoms with Crippen LogP contribution in [-0.4, -0.2) is 188 Å². The number of rotatable bonds is 30. The van der Waals surface area contributed by atoms with E-state index in [0.29, 0.717) is 0 Å². The van der Waals surface area contributed by atoms with E-state index in [2.05, 4.69) is 0 Å². The van der Waals surface area contributed by atoms with E-state index in [1.54, 1.807) is 0 Å². The van der Waals surface area contributed by atoms with E-state index in [0.717, 1.165) is 121 Å². The zero-order chi connectivity index (χ0) is 78.8. The molecule has 0 aliphatic carbocycles. The van der Waals surface area contributed by atoms with Gasteiger partial charge in [0.05, 0.1) is 0 Å². The summed E-state index contributed by atoms with van der Waals surface area (Å²) in [6, 6.07) is 0. The van der Waals surface area contributed by atoms with Crippen LogP contribution < -0.4 is 66.9 Å². The Hall–Kier alpha value is -4.98. The highest BCUT2D eigenvalue weighted by molar-refractivity contribution is 7.73. The Morgan fingerprint density at radius 1 is 0.346 bits per heavy atom. The highest BCUT2D eigenvalue weighted by atomic mass is 31.3. The van der Waals surface area contributed by atoms with Gasteiger partial charge in [-0.25, -0.2) is 64.8 Å². The summed E-state index contributed by atoms with van der Waals surface area (Å²) in [6.45, 7) is -8.30. The minimum Gasteiger partial charge on any atom is -0.808 e. The molecule has 0 amide bonds. The third-order valence-corrected chi connectivity index (χ3v) is 30.0. The van der Waals surface area contributed by atoms with Crippen LogP contribution in [0.2, 0.25) is 0 Å². The first kappa shape index (κ1) is 105. The Kier molecular flexibility index (Phi) is 38.9. The Morgan fingerprint density at radius 2 is 0.538 bits per heavy atom. The number of aliphatic hydroxyl groups is 7. The molecule has 0 aliphatic rings. The lowest BCUT2D eigenvalue weighted by molar-refractivity contribution is -0.705. The highest BCUT2D eigenvalue weighted by Crippen LogP contribution is 2.69. The second kappa shape index (κ2) is 38.4. The number of nitrogens with zero attached hydrogens (tertiary/aromatic N) is 10. The summed E-state index contributed by atoms with van der Waals surface area (Å²) >= 11 is 0. The SMILES string of the molecule is C.C.O=C(O)C[n+]1ccn(CC(O)(P(=O)(O)O)P(=O)(O)O)c1.O=C(O)C[n+]1ccn(CC(O)(P(=O)([O-])O)P(=O)(O)O)c1.O=C(O)C[n+]1ccn(CC(O)(P(=O)([O-])O)P(=O)([O-])O)c1.O=C(O)C[n+]1ccn(CC(O)(P(=O)([O-])O)P(=O)([O-])O)c1.O=P([O-])([O-])C(O)(C[n+]1ccn(CC(O)O)c1)P(=O)([O-])[O-].[CH3+].[CH3-]. The van der Waals surface area contributed by atoms with Crippen molar-refractivity contribution in [1.82, 2.24) is 22.8 Å². The maximum Gasteiger partial charge on any atom is 0.373 e. The average molecular weight is 1710 g/mol. The van der Waals surface area contributed by atoms with Crippen LogP contribution in [0.15, 0.2) is 93.6 Å². The lowest BCUT2D eigenvalue weighted by atomic mass is 10.6. The molecule has 0 saturated heterocycles. The molecule has 0 spiro atoms. The fourth-order valence-electron chi connectivity index (χ4n) is 6.88. The second-order valence-corrected chi connectivity index (χ2v) is 39.6. The summed E-state index contributed by atoms with van der Waals surface area (Å²) in [4.78, 5) is 238. The number of imidazole rings is 5. The molecule has 5 heterocycles. The van der Waals surface area contributed by atoms with Gasteiger partial charge in [-0.15, -0.1) is 0 Å². The summed E-state index contributed by atoms with van der Waals surface area (Å²) in [5, 5.41) is 80.3. The van der Waals surface area contributed by atoms with Gasteiger partial charge in [-0.3, -0.25) is 13.7 Å². The number of carboxylic acid groups (broad SMARTS) is 4. The van der Waals surface area contributed by atoms with Crippen molar-refractivity contribution in [1.29, 1.82) is 0 Å². The molecular weight excluding hydrogens is 1640 g/mol. The number of carboxylic acids is 4. The van der Waals surface area contributed by atoms with Crippen molar-refractivity contribution >= 4 is 99.8 Å². The summed E-state index contributed by atoms with van der Waals surface area (Å²) in [5.74, 6) is -4.81. The Labute approximate surface area is 583 Å². The van der Waals surface area contributed by atoms with Gasteiger partial charge in [-0.2, -0.15) is 0 Å². The zero-order valence-corrected chi connectivity index (χ0v) is 59.9. The summed E-state index contributed by atoms with van der Waals surface area (Å²) in [7, 11) is -58.2. The van der Waals surface area contributed by atoms with Crippen LogP contribution in [0.5, 0.6) is 0 Å². The van der Waals surface area contributed by atoms with E-state index in [1.807, 2.05) is 0 Å². The van der Waals surface area contributed by atoms with Crippen LogP contribution >= 0.6 is 76.0 Å². The number of hydrogen-bond donors (Lipinski definition) is 22. The maximum atomic E-state index is 11.1. The van der Waals surface area contributed by atoms with Crippen LogP contribution in [0.4, 0.5) is 0 Å². The summed E-state index contributed by atoms with van der Waals surface area (Å²) in [5.41, 5.74) is 0. The third kappa shape index (κ3) is 29.2. The van der Waals surface area contributed by atoms with Gasteiger partial charge in [-0.1, -0.05) is 14.9 Å². The number of aliphatic carboxylic acids is 4. The highest BCUT2D eigenvalue weighted by Gasteiger charge is 2.61. The molecule has 5 aromatic rings. The number of aliphatic hydroxyl groups excluding tert-OH is 1. The minimum absolute atomic E-state index is 0. The van der Waals surface area contributed by atoms with Gasteiger partial charge in [0.25, 0.3) is 5.08 Å². The van der Waals surface area contributed by atoms with Crippen LogP contribution in [0, 0.1) is 14.9 Å². The lowest BCUT2D eigenvalue weighted by Crippen LogP contribution is -2.54. The smallest absolute Gasteiger partial charge is 0.373 e. The average Bonchev–Trinajstić information content (AvgIpc) is 1.48. The molecular formula is C39H72N10O45P10-4. The molecule has 0 bridgehead atoms. The first-order chi connectivity index (χ1) is 44.3. The fraction of sp³-hybridized carbons (Fsp3) is 0.462. The molecule has 55 nitrogen and oxygen atoms in total. The zero-order valence-electron chi connectivity index (χ0n) is 51.0. The standard InChI is InChI=1S/C7H14N2O9P2.4C7H12N2O9P2.2CH4.2CH3/c5*10-6(11)3-8-1-2-9(5-8)4-7(12,19(13,14)15)20(16,17)18;;;;/h1-2,5-6,10-12H,3-4H2,(H3-,13,14,15,16,17,18);4*1-2,5,12H,3-4H2,(H4-,10,11,13,14,15,16,17,18);2*1H4;2*1H3/q;;;;;;;-1;+1/p-4. The molecule has 0 aliphatic heterocycles. The first-order valence-electron chi connectivity index (χ1n) is 24.8. The lowest BCUT2D eigenvalue weighted by Gasteiger charge is -2.54. The fourth-order valence-corrected chi connectivity index (χ4v) is 16.7. The van der Waals surface area contributed by atoms with E-state index in [-0.39, 0.29) is 36.3 Å². The van der Waals surface area contributed by atoms with Gasteiger partial charge in [0.2, 0.25) is 41.8 Å². The number of aromatic nitrogens is 10. The van der Waals surface area contributed by atoms with Crippen molar-refractivity contribution in [2.24, 2.45) is 0 Å². The van der Waals surface area contributed by atoms with E-state index in [1.165, 1.54) is 18.6 Å². The van der Waals surface area contributed by atoms with Crippen molar-refractivity contribution in [3.8, 4) is 0 Å². The second-order valence-electron chi connectivity index (χ2n) is 20.0. The first-order valence-corrected chi connectivity index (χ1v) is 40.6. The largest absolute Gasteiger partial charge is 0.808 e. The van der Waals surface area contributed by atoms with Crippen LogP contribution in [0.3, 0.4) is 0 Å². The topological polar surface area (TPSA) is 936 Å². The predicted molar refractivity (Wildman–Crippen MR) is 313 cm³/mol. The molecule has 104 heavy (non-hydrogen) atoms. The van der Waals surface area contributed by atoms with Gasteiger partial charge in [-0.05, 0) is 15.2 Å². The molecule has 5 aromatic heterocycles. The molecule has 0 fully saturated rings. The molecule has 0 aromatic carbocycles. The monoisotopic (exact) mass is 1710 g/mol. The molecule has 602 valence electrons. The molecule has 6 unspecified atom stereocenters. The Morgan fingerprint density at radius 3 is 0.731 bits per heavy atom. The van der Waals surface area contributed by atoms with Crippen LogP contribution in [0.1, 0.15) is 14.9 Å². The van der Waals surface area contributed by atoms with Crippen molar-refractivity contribution in [3.05, 3.63) is 108 Å². The van der Waals surface area contributed by atoms with Crippen LogP contribution in [0.25, 0.3) is 0 Å². The van der Waals surface area contributed by atoms with E-state index in [9.17, 15) is 134 Å². The van der Waals surface area contributed by atoms with E-state index < -0.39 is 190 Å². The van der Waals surface area contributed by atoms with Crippen molar-refractivity contribution in [3.63, 3.8) is 0 Å². The molecule has 5 rings (SSSR count). The molecule has 22 N–H and O–H groups in total. The van der Waals surface area contributed by atoms with Gasteiger partial charge in [0.1, 0.15) is 101 Å². The minimum atomic E-state index is -6.15. The third-order valence-electron chi connectivity index (χ3n) is 11.9. The summed E-state index contributed by atoms with van der Waals surface area (Å²) < 4.78 is 119. The molecule has 65 heteroatoms. The molecule has 0 saturated carbocycles.